The van der Waals surface area contributed by atoms with Crippen LogP contribution >= 0.6 is 0 Å². The van der Waals surface area contributed by atoms with Gasteiger partial charge in [-0.05, 0) is 18.8 Å². The van der Waals surface area contributed by atoms with Crippen LogP contribution in [-0.4, -0.2) is 0 Å². The predicted octanol–water partition coefficient (Wildman–Crippen LogP) is 3.76. The molecule has 0 aliphatic rings. The Morgan fingerprint density at radius 2 is 2.18 bits per heavy atom. The summed E-state index contributed by atoms with van der Waals surface area (Å²) in [5.41, 5.74) is 1.15. The van der Waals surface area contributed by atoms with Crippen LogP contribution in [0.25, 0.3) is 0 Å². The first kappa shape index (κ1) is 10.5. The van der Waals surface area contributed by atoms with Crippen molar-refractivity contribution in [3.05, 3.63) is 31.7 Å². The normalized spacial score (nSPS) is 12.5. The van der Waals surface area contributed by atoms with Gasteiger partial charge in [-0.25, -0.2) is 0 Å². The lowest BCUT2D eigenvalue weighted by Crippen LogP contribution is -1.91. The van der Waals surface area contributed by atoms with Gasteiger partial charge >= 0.3 is 0 Å². The fourth-order valence-electron chi connectivity index (χ4n) is 0.924. The van der Waals surface area contributed by atoms with Crippen LogP contribution in [0.1, 0.15) is 32.6 Å². The van der Waals surface area contributed by atoms with Gasteiger partial charge in [-0.3, -0.25) is 0 Å². The van der Waals surface area contributed by atoms with Crippen LogP contribution < -0.4 is 0 Å². The standard InChI is InChI=1S/C11H19/c1-5-10(3)8-7-9-11(4)6-2/h5,11H,1-3,6-9H2,4H3. The first-order chi connectivity index (χ1) is 5.20. The summed E-state index contributed by atoms with van der Waals surface area (Å²) in [5.74, 6) is 0.757. The Morgan fingerprint density at radius 1 is 1.55 bits per heavy atom. The third-order valence-electron chi connectivity index (χ3n) is 1.98. The SMILES string of the molecule is [CH2]CC(C)CCCC(=C)C=C. The molecule has 0 heteroatoms. The van der Waals surface area contributed by atoms with E-state index in [2.05, 4.69) is 27.0 Å². The van der Waals surface area contributed by atoms with Gasteiger partial charge in [0.2, 0.25) is 0 Å². The number of hydrogen-bond donors (Lipinski definition) is 0. The van der Waals surface area contributed by atoms with Crippen molar-refractivity contribution in [2.45, 2.75) is 32.6 Å². The molecule has 0 amide bonds. The Morgan fingerprint density at radius 3 is 2.64 bits per heavy atom. The highest BCUT2D eigenvalue weighted by molar-refractivity contribution is 5.10. The molecule has 0 nitrogen and oxygen atoms in total. The zero-order chi connectivity index (χ0) is 8.69. The lowest BCUT2D eigenvalue weighted by atomic mass is 10.00. The van der Waals surface area contributed by atoms with Gasteiger partial charge in [0, 0.05) is 0 Å². The Balaban J connectivity index is 3.26. The summed E-state index contributed by atoms with van der Waals surface area (Å²) in [5, 5.41) is 0. The smallest absolute Gasteiger partial charge is 0.0285 e. The Hall–Kier alpha value is -0.520. The third-order valence-corrected chi connectivity index (χ3v) is 1.98. The lowest BCUT2D eigenvalue weighted by molar-refractivity contribution is 0.516. The highest BCUT2D eigenvalue weighted by atomic mass is 14.0. The van der Waals surface area contributed by atoms with E-state index in [9.17, 15) is 0 Å². The zero-order valence-electron chi connectivity index (χ0n) is 7.60. The van der Waals surface area contributed by atoms with E-state index in [1.807, 2.05) is 6.08 Å². The summed E-state index contributed by atoms with van der Waals surface area (Å²) >= 11 is 0. The molecule has 0 aliphatic carbocycles. The molecule has 1 radical (unpaired) electrons. The molecule has 0 saturated carbocycles. The minimum absolute atomic E-state index is 0.757. The van der Waals surface area contributed by atoms with Gasteiger partial charge in [0.1, 0.15) is 0 Å². The van der Waals surface area contributed by atoms with Crippen LogP contribution in [0.4, 0.5) is 0 Å². The molecule has 0 aromatic carbocycles. The van der Waals surface area contributed by atoms with Crippen molar-refractivity contribution >= 4 is 0 Å². The molecule has 0 aliphatic heterocycles. The second-order valence-electron chi connectivity index (χ2n) is 3.15. The van der Waals surface area contributed by atoms with Crippen LogP contribution in [0.5, 0.6) is 0 Å². The molecule has 0 aromatic rings. The van der Waals surface area contributed by atoms with Gasteiger partial charge in [0.25, 0.3) is 0 Å². The predicted molar refractivity (Wildman–Crippen MR) is 52.3 cm³/mol. The van der Waals surface area contributed by atoms with Crippen molar-refractivity contribution in [3.63, 3.8) is 0 Å². The van der Waals surface area contributed by atoms with Gasteiger partial charge in [0.15, 0.2) is 0 Å². The molecule has 0 aromatic heterocycles. The summed E-state index contributed by atoms with van der Waals surface area (Å²) in [6, 6.07) is 0. The average Bonchev–Trinajstić information content (AvgIpc) is 2.04. The molecule has 0 spiro atoms. The van der Waals surface area contributed by atoms with Crippen molar-refractivity contribution in [2.24, 2.45) is 5.92 Å². The first-order valence-electron chi connectivity index (χ1n) is 4.30. The van der Waals surface area contributed by atoms with E-state index in [0.29, 0.717) is 0 Å². The van der Waals surface area contributed by atoms with Gasteiger partial charge in [0.05, 0.1) is 0 Å². The van der Waals surface area contributed by atoms with Crippen molar-refractivity contribution in [1.29, 1.82) is 0 Å². The Labute approximate surface area is 71.0 Å². The third kappa shape index (κ3) is 5.90. The molecule has 0 N–H and O–H groups in total. The molecule has 0 fully saturated rings. The number of rotatable bonds is 6. The fourth-order valence-corrected chi connectivity index (χ4v) is 0.924. The minimum Gasteiger partial charge on any atom is -0.0988 e. The largest absolute Gasteiger partial charge is 0.0988 e. The highest BCUT2D eigenvalue weighted by Gasteiger charge is 1.97. The van der Waals surface area contributed by atoms with E-state index in [1.54, 1.807) is 0 Å². The summed E-state index contributed by atoms with van der Waals surface area (Å²) < 4.78 is 0. The molecule has 0 bridgehead atoms. The molecule has 0 heterocycles. The van der Waals surface area contributed by atoms with Crippen LogP contribution in [0, 0.1) is 12.8 Å². The van der Waals surface area contributed by atoms with E-state index in [4.69, 9.17) is 0 Å². The van der Waals surface area contributed by atoms with Gasteiger partial charge < -0.3 is 0 Å². The molecule has 0 saturated heterocycles. The van der Waals surface area contributed by atoms with E-state index in [0.717, 1.165) is 24.3 Å². The maximum atomic E-state index is 3.86. The van der Waals surface area contributed by atoms with E-state index in [1.165, 1.54) is 12.8 Å². The second-order valence-corrected chi connectivity index (χ2v) is 3.15. The molecule has 63 valence electrons. The zero-order valence-corrected chi connectivity index (χ0v) is 7.60. The fraction of sp³-hybridized carbons (Fsp3) is 0.545. The average molecular weight is 151 g/mol. The van der Waals surface area contributed by atoms with E-state index in [-0.39, 0.29) is 0 Å². The number of allylic oxidation sites excluding steroid dienone is 2. The highest BCUT2D eigenvalue weighted by Crippen LogP contribution is 2.13. The Kier molecular flexibility index (Phi) is 5.91. The van der Waals surface area contributed by atoms with Gasteiger partial charge in [-0.1, -0.05) is 51.5 Å². The maximum Gasteiger partial charge on any atom is -0.0285 e. The topological polar surface area (TPSA) is 0 Å². The first-order valence-corrected chi connectivity index (χ1v) is 4.30. The molecule has 11 heavy (non-hydrogen) atoms. The molecule has 0 rings (SSSR count). The van der Waals surface area contributed by atoms with Crippen LogP contribution in [-0.2, 0) is 0 Å². The van der Waals surface area contributed by atoms with Crippen molar-refractivity contribution in [1.82, 2.24) is 0 Å². The second kappa shape index (κ2) is 6.21. The lowest BCUT2D eigenvalue weighted by Gasteiger charge is -2.06. The minimum atomic E-state index is 0.757. The molecule has 1 atom stereocenters. The van der Waals surface area contributed by atoms with Crippen molar-refractivity contribution in [2.75, 3.05) is 0 Å². The molecular formula is C11H19. The van der Waals surface area contributed by atoms with Gasteiger partial charge in [-0.2, -0.15) is 0 Å². The maximum absolute atomic E-state index is 3.86. The van der Waals surface area contributed by atoms with Crippen LogP contribution in [0.3, 0.4) is 0 Å². The molecule has 1 unspecified atom stereocenters. The van der Waals surface area contributed by atoms with E-state index >= 15 is 0 Å². The van der Waals surface area contributed by atoms with Crippen molar-refractivity contribution < 1.29 is 0 Å². The van der Waals surface area contributed by atoms with Crippen LogP contribution in [0.15, 0.2) is 24.8 Å². The van der Waals surface area contributed by atoms with E-state index < -0.39 is 0 Å². The Bertz CT molecular complexity index is 122. The monoisotopic (exact) mass is 151 g/mol. The quantitative estimate of drug-likeness (QED) is 0.507. The summed E-state index contributed by atoms with van der Waals surface area (Å²) in [6.07, 6.45) is 6.46. The van der Waals surface area contributed by atoms with Crippen LogP contribution in [0.2, 0.25) is 0 Å². The summed E-state index contributed by atoms with van der Waals surface area (Å²) in [6.45, 7) is 13.6. The number of hydrogen-bond acceptors (Lipinski definition) is 0. The van der Waals surface area contributed by atoms with Crippen molar-refractivity contribution in [3.8, 4) is 0 Å². The summed E-state index contributed by atoms with van der Waals surface area (Å²) in [7, 11) is 0. The van der Waals surface area contributed by atoms with Gasteiger partial charge in [-0.15, -0.1) is 0 Å². The molecular weight excluding hydrogens is 132 g/mol. The summed E-state index contributed by atoms with van der Waals surface area (Å²) in [4.78, 5) is 0.